The number of carbonyl (C=O) groups is 1. The molecule has 1 aliphatic rings. The van der Waals surface area contributed by atoms with Gasteiger partial charge in [-0.1, -0.05) is 12.2 Å². The number of fused-ring (bicyclic) bond motifs is 1. The molecule has 1 N–H and O–H groups in total. The van der Waals surface area contributed by atoms with Crippen LogP contribution < -0.4 is 9.47 Å². The van der Waals surface area contributed by atoms with Gasteiger partial charge in [0.2, 0.25) is 12.7 Å². The van der Waals surface area contributed by atoms with Gasteiger partial charge in [-0.3, -0.25) is 4.79 Å². The van der Waals surface area contributed by atoms with E-state index in [1.807, 2.05) is 37.3 Å². The fraction of sp³-hybridized carbons (Fsp3) is 0.368. The van der Waals surface area contributed by atoms with Crippen LogP contribution in [0.3, 0.4) is 0 Å². The monoisotopic (exact) mass is 415 g/mol. The SMILES string of the molecule is Cc1oc(-c2ccc3c(c2)OCO3)nc1CCOC/C=C/CSCC(=O)O.[NaH]. The van der Waals surface area contributed by atoms with Crippen molar-refractivity contribution in [3.63, 3.8) is 0 Å². The van der Waals surface area contributed by atoms with E-state index in [4.69, 9.17) is 23.7 Å². The number of carboxylic acids is 1. The fourth-order valence-electron chi connectivity index (χ4n) is 2.48. The zero-order valence-corrected chi connectivity index (χ0v) is 15.8. The first kappa shape index (κ1) is 22.8. The summed E-state index contributed by atoms with van der Waals surface area (Å²) in [4.78, 5) is 14.9. The molecule has 0 radical (unpaired) electrons. The van der Waals surface area contributed by atoms with Crippen LogP contribution in [0.2, 0.25) is 0 Å². The Labute approximate surface area is 189 Å². The Morgan fingerprint density at radius 3 is 2.96 bits per heavy atom. The van der Waals surface area contributed by atoms with E-state index in [-0.39, 0.29) is 42.1 Å². The van der Waals surface area contributed by atoms with Crippen LogP contribution in [-0.4, -0.2) is 77.1 Å². The Morgan fingerprint density at radius 1 is 1.32 bits per heavy atom. The predicted molar refractivity (Wildman–Crippen MR) is 109 cm³/mol. The molecule has 2 aromatic rings. The standard InChI is InChI=1S/C19H21NO6S.Na.H/c1-13-15(6-8-23-7-2-3-9-27-11-18(21)22)20-19(26-13)14-4-5-16-17(10-14)25-12-24-16;;/h2-5,10H,6-9,11-12H2,1H3,(H,21,22);;/b3-2+;;. The Balaban J connectivity index is 0.00000280. The Kier molecular flexibility index (Phi) is 9.40. The van der Waals surface area contributed by atoms with Gasteiger partial charge in [-0.15, -0.1) is 11.8 Å². The number of carboxylic acid groups (broad SMARTS) is 1. The summed E-state index contributed by atoms with van der Waals surface area (Å²) >= 11 is 1.35. The zero-order valence-electron chi connectivity index (χ0n) is 15.0. The van der Waals surface area contributed by atoms with Crippen molar-refractivity contribution < 1.29 is 28.5 Å². The summed E-state index contributed by atoms with van der Waals surface area (Å²) in [6, 6.07) is 5.61. The van der Waals surface area contributed by atoms with Gasteiger partial charge in [0.25, 0.3) is 0 Å². The van der Waals surface area contributed by atoms with Gasteiger partial charge in [0.1, 0.15) is 5.76 Å². The van der Waals surface area contributed by atoms with Gasteiger partial charge in [0.05, 0.1) is 24.7 Å². The molecule has 2 heterocycles. The van der Waals surface area contributed by atoms with E-state index >= 15 is 0 Å². The van der Waals surface area contributed by atoms with Gasteiger partial charge in [-0.05, 0) is 25.1 Å². The van der Waals surface area contributed by atoms with Crippen molar-refractivity contribution in [3.8, 4) is 23.0 Å². The molecule has 3 rings (SSSR count). The van der Waals surface area contributed by atoms with E-state index in [0.29, 0.717) is 37.0 Å². The number of aromatic nitrogens is 1. The van der Waals surface area contributed by atoms with E-state index in [1.165, 1.54) is 11.8 Å². The minimum absolute atomic E-state index is 0. The van der Waals surface area contributed by atoms with E-state index in [9.17, 15) is 4.79 Å². The number of ether oxygens (including phenoxy) is 3. The number of nitrogens with zero attached hydrogens (tertiary/aromatic N) is 1. The van der Waals surface area contributed by atoms with Crippen molar-refractivity contribution >= 4 is 47.3 Å². The number of aryl methyl sites for hydroxylation is 1. The Morgan fingerprint density at radius 2 is 2.14 bits per heavy atom. The molecule has 0 atom stereocenters. The normalized spacial score (nSPS) is 12.3. The fourth-order valence-corrected chi connectivity index (χ4v) is 3.05. The number of thioether (sulfide) groups is 1. The average molecular weight is 415 g/mol. The van der Waals surface area contributed by atoms with Crippen molar-refractivity contribution in [3.05, 3.63) is 41.8 Å². The molecule has 7 nitrogen and oxygen atoms in total. The van der Waals surface area contributed by atoms with Crippen molar-refractivity contribution in [2.75, 3.05) is 31.5 Å². The summed E-state index contributed by atoms with van der Waals surface area (Å²) in [5.41, 5.74) is 1.71. The second-order valence-electron chi connectivity index (χ2n) is 5.80. The molecule has 0 amide bonds. The topological polar surface area (TPSA) is 91.0 Å². The van der Waals surface area contributed by atoms with Gasteiger partial charge in [0.15, 0.2) is 11.5 Å². The van der Waals surface area contributed by atoms with E-state index < -0.39 is 5.97 Å². The molecule has 1 aromatic heterocycles. The first-order valence-electron chi connectivity index (χ1n) is 8.52. The summed E-state index contributed by atoms with van der Waals surface area (Å²) in [6.07, 6.45) is 4.46. The number of aliphatic carboxylic acids is 1. The van der Waals surface area contributed by atoms with E-state index in [0.717, 1.165) is 22.8 Å². The molecule has 0 bridgehead atoms. The molecule has 1 aromatic carbocycles. The van der Waals surface area contributed by atoms with Crippen LogP contribution in [0, 0.1) is 6.92 Å². The van der Waals surface area contributed by atoms with Gasteiger partial charge in [-0.2, -0.15) is 0 Å². The Hall–Kier alpha value is -1.45. The first-order chi connectivity index (χ1) is 13.1. The molecule has 0 saturated carbocycles. The summed E-state index contributed by atoms with van der Waals surface area (Å²) < 4.78 is 22.0. The molecule has 0 fully saturated rings. The molecule has 0 aliphatic carbocycles. The maximum absolute atomic E-state index is 10.4. The molecule has 0 unspecified atom stereocenters. The quantitative estimate of drug-likeness (QED) is 0.360. The van der Waals surface area contributed by atoms with Crippen LogP contribution in [0.5, 0.6) is 11.5 Å². The van der Waals surface area contributed by atoms with Crippen molar-refractivity contribution in [1.29, 1.82) is 0 Å². The molecular formula is C19H22NNaO6S. The van der Waals surface area contributed by atoms with Crippen molar-refractivity contribution in [2.45, 2.75) is 13.3 Å². The molecule has 1 aliphatic heterocycles. The molecule has 0 saturated heterocycles. The number of hydrogen-bond donors (Lipinski definition) is 1. The van der Waals surface area contributed by atoms with Crippen LogP contribution in [0.1, 0.15) is 11.5 Å². The molecule has 146 valence electrons. The van der Waals surface area contributed by atoms with Crippen LogP contribution in [0.15, 0.2) is 34.8 Å². The Bertz CT molecular complexity index is 823. The molecule has 28 heavy (non-hydrogen) atoms. The van der Waals surface area contributed by atoms with Crippen LogP contribution in [-0.2, 0) is 16.0 Å². The van der Waals surface area contributed by atoms with Gasteiger partial charge in [0, 0.05) is 17.7 Å². The summed E-state index contributed by atoms with van der Waals surface area (Å²) in [5, 5.41) is 8.54. The third kappa shape index (κ3) is 6.56. The van der Waals surface area contributed by atoms with Crippen LogP contribution in [0.4, 0.5) is 0 Å². The van der Waals surface area contributed by atoms with Crippen LogP contribution in [0.25, 0.3) is 11.5 Å². The second-order valence-corrected chi connectivity index (χ2v) is 6.83. The average Bonchev–Trinajstić information content (AvgIpc) is 3.26. The number of hydrogen-bond acceptors (Lipinski definition) is 7. The molecular weight excluding hydrogens is 393 g/mol. The van der Waals surface area contributed by atoms with Gasteiger partial charge in [-0.25, -0.2) is 4.98 Å². The minimum atomic E-state index is -0.798. The molecule has 0 spiro atoms. The third-order valence-electron chi connectivity index (χ3n) is 3.82. The second kappa shape index (κ2) is 11.5. The van der Waals surface area contributed by atoms with Gasteiger partial charge < -0.3 is 23.7 Å². The maximum atomic E-state index is 10.4. The third-order valence-corrected chi connectivity index (χ3v) is 4.69. The first-order valence-corrected chi connectivity index (χ1v) is 9.67. The molecule has 9 heteroatoms. The predicted octanol–water partition coefficient (Wildman–Crippen LogP) is 2.66. The van der Waals surface area contributed by atoms with Crippen molar-refractivity contribution in [2.24, 2.45) is 0 Å². The number of rotatable bonds is 10. The number of oxazole rings is 1. The van der Waals surface area contributed by atoms with Crippen molar-refractivity contribution in [1.82, 2.24) is 4.98 Å². The van der Waals surface area contributed by atoms with E-state index in [1.54, 1.807) is 0 Å². The summed E-state index contributed by atoms with van der Waals surface area (Å²) in [5.74, 6) is 2.72. The van der Waals surface area contributed by atoms with E-state index in [2.05, 4.69) is 4.98 Å². The van der Waals surface area contributed by atoms with Crippen LogP contribution >= 0.6 is 11.8 Å². The zero-order chi connectivity index (χ0) is 19.1. The van der Waals surface area contributed by atoms with Gasteiger partial charge >= 0.3 is 35.5 Å². The number of benzene rings is 1. The summed E-state index contributed by atoms with van der Waals surface area (Å²) in [7, 11) is 0. The summed E-state index contributed by atoms with van der Waals surface area (Å²) in [6.45, 7) is 3.14.